The van der Waals surface area contributed by atoms with E-state index in [4.69, 9.17) is 4.74 Å². The summed E-state index contributed by atoms with van der Waals surface area (Å²) in [7, 11) is 0. The minimum absolute atomic E-state index is 0.000105. The van der Waals surface area contributed by atoms with Crippen LogP contribution in [0.5, 0.6) is 5.75 Å². The van der Waals surface area contributed by atoms with Crippen molar-refractivity contribution in [3.63, 3.8) is 0 Å². The molecule has 2 aromatic carbocycles. The Morgan fingerprint density at radius 2 is 1.74 bits per heavy atom. The first-order valence-electron chi connectivity index (χ1n) is 9.32. The molecular weight excluding hydrogens is 350 g/mol. The second-order valence-corrected chi connectivity index (χ2v) is 6.61. The van der Waals surface area contributed by atoms with Gasteiger partial charge in [0.2, 0.25) is 5.91 Å². The van der Waals surface area contributed by atoms with Crippen molar-refractivity contribution in [2.45, 2.75) is 32.6 Å². The molecule has 1 fully saturated rings. The molecule has 27 heavy (non-hydrogen) atoms. The molecule has 1 saturated heterocycles. The van der Waals surface area contributed by atoms with E-state index in [0.717, 1.165) is 24.2 Å². The van der Waals surface area contributed by atoms with Crippen LogP contribution in [0.1, 0.15) is 31.7 Å². The predicted molar refractivity (Wildman–Crippen MR) is 102 cm³/mol. The van der Waals surface area contributed by atoms with Gasteiger partial charge in [-0.15, -0.1) is 0 Å². The largest absolute Gasteiger partial charge is 0.494 e. The third-order valence-electron chi connectivity index (χ3n) is 4.60. The standard InChI is InChI=1S/C21H24F2N2O2/c1-2-27-17-8-5-15(6-9-17)7-10-20(26)24-16-13-18(22)21(19(23)14-16)25-11-3-4-12-25/h5-6,8-9,13-14H,2-4,7,10-12H2,1H3,(H,24,26). The summed E-state index contributed by atoms with van der Waals surface area (Å²) in [6, 6.07) is 9.90. The molecule has 0 radical (unpaired) electrons. The Labute approximate surface area is 158 Å². The summed E-state index contributed by atoms with van der Waals surface area (Å²) in [5.74, 6) is -0.774. The monoisotopic (exact) mass is 374 g/mol. The average molecular weight is 374 g/mol. The fourth-order valence-corrected chi connectivity index (χ4v) is 3.28. The highest BCUT2D eigenvalue weighted by molar-refractivity contribution is 5.91. The molecule has 6 heteroatoms. The summed E-state index contributed by atoms with van der Waals surface area (Å²) >= 11 is 0. The molecule has 1 aliphatic rings. The van der Waals surface area contributed by atoms with Gasteiger partial charge in [0.05, 0.1) is 6.61 Å². The van der Waals surface area contributed by atoms with Gasteiger partial charge >= 0.3 is 0 Å². The third kappa shape index (κ3) is 4.96. The molecule has 1 heterocycles. The highest BCUT2D eigenvalue weighted by atomic mass is 19.1. The fraction of sp³-hybridized carbons (Fsp3) is 0.381. The number of aryl methyl sites for hydroxylation is 1. The van der Waals surface area contributed by atoms with Crippen LogP contribution in [0.15, 0.2) is 36.4 Å². The number of benzene rings is 2. The third-order valence-corrected chi connectivity index (χ3v) is 4.60. The zero-order valence-electron chi connectivity index (χ0n) is 15.4. The van der Waals surface area contributed by atoms with Crippen LogP contribution < -0.4 is 15.0 Å². The lowest BCUT2D eigenvalue weighted by molar-refractivity contribution is -0.116. The number of nitrogens with zero attached hydrogens (tertiary/aromatic N) is 1. The van der Waals surface area contributed by atoms with E-state index in [0.29, 0.717) is 26.1 Å². The van der Waals surface area contributed by atoms with Crippen molar-refractivity contribution >= 4 is 17.3 Å². The molecule has 0 atom stereocenters. The Morgan fingerprint density at radius 1 is 1.11 bits per heavy atom. The number of anilines is 2. The van der Waals surface area contributed by atoms with Gasteiger partial charge in [0.1, 0.15) is 11.4 Å². The van der Waals surface area contributed by atoms with E-state index in [1.165, 1.54) is 12.1 Å². The van der Waals surface area contributed by atoms with Crippen molar-refractivity contribution in [1.29, 1.82) is 0 Å². The number of rotatable bonds is 7. The van der Waals surface area contributed by atoms with Gasteiger partial charge < -0.3 is 15.0 Å². The molecular formula is C21H24F2N2O2. The minimum atomic E-state index is -0.640. The van der Waals surface area contributed by atoms with Gasteiger partial charge in [0, 0.05) is 25.2 Å². The van der Waals surface area contributed by atoms with Gasteiger partial charge in [-0.25, -0.2) is 8.78 Å². The van der Waals surface area contributed by atoms with Crippen molar-refractivity contribution in [2.75, 3.05) is 29.9 Å². The van der Waals surface area contributed by atoms with Gasteiger partial charge in [-0.1, -0.05) is 12.1 Å². The zero-order valence-corrected chi connectivity index (χ0v) is 15.4. The lowest BCUT2D eigenvalue weighted by Gasteiger charge is -2.19. The number of carbonyl (C=O) groups is 1. The number of ether oxygens (including phenoxy) is 1. The lowest BCUT2D eigenvalue weighted by atomic mass is 10.1. The van der Waals surface area contributed by atoms with Crippen LogP contribution in [-0.2, 0) is 11.2 Å². The molecule has 4 nitrogen and oxygen atoms in total. The highest BCUT2D eigenvalue weighted by Gasteiger charge is 2.21. The van der Waals surface area contributed by atoms with Crippen molar-refractivity contribution in [3.05, 3.63) is 53.6 Å². The summed E-state index contributed by atoms with van der Waals surface area (Å²) in [4.78, 5) is 13.8. The van der Waals surface area contributed by atoms with E-state index in [1.54, 1.807) is 4.90 Å². The van der Waals surface area contributed by atoms with E-state index in [1.807, 2.05) is 31.2 Å². The molecule has 1 N–H and O–H groups in total. The van der Waals surface area contributed by atoms with Gasteiger partial charge in [-0.3, -0.25) is 4.79 Å². The van der Waals surface area contributed by atoms with Crippen LogP contribution in [0, 0.1) is 11.6 Å². The Morgan fingerprint density at radius 3 is 2.33 bits per heavy atom. The quantitative estimate of drug-likeness (QED) is 0.774. The van der Waals surface area contributed by atoms with Gasteiger partial charge in [0.15, 0.2) is 11.6 Å². The maximum Gasteiger partial charge on any atom is 0.224 e. The van der Waals surface area contributed by atoms with Crippen molar-refractivity contribution in [1.82, 2.24) is 0 Å². The molecule has 1 aliphatic heterocycles. The van der Waals surface area contributed by atoms with Crippen LogP contribution in [0.2, 0.25) is 0 Å². The molecule has 0 spiro atoms. The van der Waals surface area contributed by atoms with E-state index >= 15 is 0 Å². The molecule has 2 aromatic rings. The maximum atomic E-state index is 14.3. The fourth-order valence-electron chi connectivity index (χ4n) is 3.28. The Hall–Kier alpha value is -2.63. The number of amides is 1. The SMILES string of the molecule is CCOc1ccc(CCC(=O)Nc2cc(F)c(N3CCCC3)c(F)c2)cc1. The molecule has 0 aliphatic carbocycles. The summed E-state index contributed by atoms with van der Waals surface area (Å²) < 4.78 is 34.0. The van der Waals surface area contributed by atoms with E-state index < -0.39 is 11.6 Å². The Kier molecular flexibility index (Phi) is 6.27. The van der Waals surface area contributed by atoms with E-state index in [9.17, 15) is 13.6 Å². The molecule has 0 unspecified atom stereocenters. The minimum Gasteiger partial charge on any atom is -0.494 e. The summed E-state index contributed by atoms with van der Waals surface area (Å²) in [5.41, 5.74) is 1.14. The van der Waals surface area contributed by atoms with Crippen molar-refractivity contribution in [3.8, 4) is 5.75 Å². The van der Waals surface area contributed by atoms with Crippen LogP contribution in [0.4, 0.5) is 20.2 Å². The molecule has 144 valence electrons. The van der Waals surface area contributed by atoms with Crippen LogP contribution in [-0.4, -0.2) is 25.6 Å². The van der Waals surface area contributed by atoms with Gasteiger partial charge in [-0.2, -0.15) is 0 Å². The number of carbonyl (C=O) groups excluding carboxylic acids is 1. The zero-order chi connectivity index (χ0) is 19.2. The number of hydrogen-bond donors (Lipinski definition) is 1. The summed E-state index contributed by atoms with van der Waals surface area (Å²) in [5, 5.41) is 2.58. The first-order chi connectivity index (χ1) is 13.1. The predicted octanol–water partition coefficient (Wildman–Crippen LogP) is 4.54. The highest BCUT2D eigenvalue weighted by Crippen LogP contribution is 2.29. The van der Waals surface area contributed by atoms with Crippen LogP contribution >= 0.6 is 0 Å². The summed E-state index contributed by atoms with van der Waals surface area (Å²) in [6.45, 7) is 3.83. The van der Waals surface area contributed by atoms with Crippen LogP contribution in [0.25, 0.3) is 0 Å². The number of hydrogen-bond acceptors (Lipinski definition) is 3. The lowest BCUT2D eigenvalue weighted by Crippen LogP contribution is -2.21. The smallest absolute Gasteiger partial charge is 0.224 e. The second-order valence-electron chi connectivity index (χ2n) is 6.61. The first kappa shape index (κ1) is 19.1. The molecule has 1 amide bonds. The average Bonchev–Trinajstić information content (AvgIpc) is 3.15. The molecule has 0 aromatic heterocycles. The van der Waals surface area contributed by atoms with Gasteiger partial charge in [0.25, 0.3) is 0 Å². The molecule has 0 bridgehead atoms. The normalized spacial score (nSPS) is 13.7. The maximum absolute atomic E-state index is 14.3. The van der Waals surface area contributed by atoms with Crippen molar-refractivity contribution in [2.24, 2.45) is 0 Å². The second kappa shape index (κ2) is 8.84. The molecule has 0 saturated carbocycles. The van der Waals surface area contributed by atoms with E-state index in [-0.39, 0.29) is 23.7 Å². The Bertz CT molecular complexity index is 764. The van der Waals surface area contributed by atoms with Crippen molar-refractivity contribution < 1.29 is 18.3 Å². The first-order valence-corrected chi connectivity index (χ1v) is 9.32. The number of halogens is 2. The summed E-state index contributed by atoms with van der Waals surface area (Å²) in [6.07, 6.45) is 2.63. The molecule has 3 rings (SSSR count). The number of nitrogens with one attached hydrogen (secondary N) is 1. The van der Waals surface area contributed by atoms with E-state index in [2.05, 4.69) is 5.32 Å². The topological polar surface area (TPSA) is 41.6 Å². The van der Waals surface area contributed by atoms with Gasteiger partial charge in [-0.05, 0) is 56.0 Å². The van der Waals surface area contributed by atoms with Crippen LogP contribution in [0.3, 0.4) is 0 Å². The Balaban J connectivity index is 1.57.